The van der Waals surface area contributed by atoms with Gasteiger partial charge in [0.15, 0.2) is 0 Å². The molecule has 0 saturated heterocycles. The van der Waals surface area contributed by atoms with E-state index in [1.165, 1.54) is 5.56 Å². The van der Waals surface area contributed by atoms with Crippen LogP contribution in [0.2, 0.25) is 0 Å². The minimum absolute atomic E-state index is 0. The largest absolute Gasteiger partial charge is 0.358 e. The summed E-state index contributed by atoms with van der Waals surface area (Å²) >= 11 is 0. The number of hydrogen-bond acceptors (Lipinski definition) is 2. The Morgan fingerprint density at radius 2 is 1.61 bits per heavy atom. The number of benzene rings is 1. The van der Waals surface area contributed by atoms with E-state index in [0.29, 0.717) is 12.8 Å². The first-order valence-electron chi connectivity index (χ1n) is 5.77. The SMILES string of the molecule is CC.CCc1ccc(CCC(=O)NO)cc1.[CH3-].[Y]. The van der Waals surface area contributed by atoms with Crippen molar-refractivity contribution in [3.63, 3.8) is 0 Å². The number of hydrogen-bond donors (Lipinski definition) is 2. The normalized spacial score (nSPS) is 8.00. The van der Waals surface area contributed by atoms with E-state index in [2.05, 4.69) is 19.1 Å². The van der Waals surface area contributed by atoms with Crippen LogP contribution in [0.25, 0.3) is 0 Å². The number of carbonyl (C=O) groups excluding carboxylic acids is 1. The van der Waals surface area contributed by atoms with Gasteiger partial charge in [0.1, 0.15) is 0 Å². The third kappa shape index (κ3) is 9.75. The average Bonchev–Trinajstić information content (AvgIpc) is 2.38. The van der Waals surface area contributed by atoms with Crippen molar-refractivity contribution in [2.45, 2.75) is 40.0 Å². The molecule has 0 atom stereocenters. The average molecular weight is 327 g/mol. The van der Waals surface area contributed by atoms with E-state index < -0.39 is 0 Å². The number of hydroxylamine groups is 1. The number of amides is 1. The zero-order chi connectivity index (χ0) is 12.4. The molecule has 0 aliphatic rings. The van der Waals surface area contributed by atoms with E-state index in [0.717, 1.165) is 12.0 Å². The van der Waals surface area contributed by atoms with Crippen molar-refractivity contribution in [2.75, 3.05) is 0 Å². The standard InChI is InChI=1S/C11H15NO2.C2H6.CH3.Y/c1-2-9-3-5-10(6-4-9)7-8-11(13)12-14;1-2;;/h3-6,14H,2,7-8H2,1H3,(H,12,13);1-2H3;1H3;/q;;-1;. The first-order chi connectivity index (χ1) is 7.76. The predicted octanol–water partition coefficient (Wildman–Crippen LogP) is 3.16. The molecule has 0 aromatic heterocycles. The second-order valence-electron chi connectivity index (χ2n) is 3.21. The van der Waals surface area contributed by atoms with Crippen LogP contribution in [0.5, 0.6) is 0 Å². The monoisotopic (exact) mass is 327 g/mol. The molecular formula is C14H24NO2Y-. The van der Waals surface area contributed by atoms with Gasteiger partial charge in [0.05, 0.1) is 0 Å². The molecular weight excluding hydrogens is 303 g/mol. The van der Waals surface area contributed by atoms with Crippen molar-refractivity contribution in [3.8, 4) is 0 Å². The van der Waals surface area contributed by atoms with Gasteiger partial charge in [0.2, 0.25) is 5.91 Å². The van der Waals surface area contributed by atoms with Crippen LogP contribution in [-0.2, 0) is 50.3 Å². The molecule has 0 fully saturated rings. The molecule has 0 saturated carbocycles. The van der Waals surface area contributed by atoms with Gasteiger partial charge in [-0.1, -0.05) is 45.0 Å². The maximum Gasteiger partial charge on any atom is 0.243 e. The fourth-order valence-electron chi connectivity index (χ4n) is 1.26. The summed E-state index contributed by atoms with van der Waals surface area (Å²) in [6, 6.07) is 8.16. The molecule has 1 amide bonds. The zero-order valence-corrected chi connectivity index (χ0v) is 14.7. The Balaban J connectivity index is -0.000000534. The Bertz CT molecular complexity index is 299. The molecule has 18 heavy (non-hydrogen) atoms. The Morgan fingerprint density at radius 3 is 2.00 bits per heavy atom. The predicted molar refractivity (Wildman–Crippen MR) is 71.8 cm³/mol. The maximum absolute atomic E-state index is 10.7. The van der Waals surface area contributed by atoms with Crippen LogP contribution in [0.3, 0.4) is 0 Å². The second kappa shape index (κ2) is 14.8. The van der Waals surface area contributed by atoms with E-state index >= 15 is 0 Å². The fourth-order valence-corrected chi connectivity index (χ4v) is 1.26. The molecule has 1 aromatic carbocycles. The topological polar surface area (TPSA) is 49.3 Å². The van der Waals surface area contributed by atoms with E-state index in [-0.39, 0.29) is 46.0 Å². The number of nitrogens with one attached hydrogen (secondary N) is 1. The Morgan fingerprint density at radius 1 is 1.17 bits per heavy atom. The molecule has 0 aliphatic carbocycles. The number of aryl methyl sites for hydroxylation is 2. The van der Waals surface area contributed by atoms with Crippen molar-refractivity contribution in [1.29, 1.82) is 0 Å². The van der Waals surface area contributed by atoms with Crippen molar-refractivity contribution in [2.24, 2.45) is 0 Å². The first kappa shape index (κ1) is 22.9. The van der Waals surface area contributed by atoms with Crippen LogP contribution in [0.1, 0.15) is 38.3 Å². The molecule has 101 valence electrons. The molecule has 1 radical (unpaired) electrons. The molecule has 0 bridgehead atoms. The maximum atomic E-state index is 10.7. The molecule has 3 nitrogen and oxygen atoms in total. The Labute approximate surface area is 136 Å². The van der Waals surface area contributed by atoms with Gasteiger partial charge in [0.25, 0.3) is 0 Å². The van der Waals surface area contributed by atoms with Crippen LogP contribution in [-0.4, -0.2) is 11.1 Å². The summed E-state index contributed by atoms with van der Waals surface area (Å²) in [6.07, 6.45) is 2.01. The van der Waals surface area contributed by atoms with Crippen LogP contribution < -0.4 is 5.48 Å². The van der Waals surface area contributed by atoms with E-state index in [9.17, 15) is 4.79 Å². The molecule has 0 aliphatic heterocycles. The molecule has 0 unspecified atom stereocenters. The molecule has 1 rings (SSSR count). The van der Waals surface area contributed by atoms with Crippen LogP contribution >= 0.6 is 0 Å². The summed E-state index contributed by atoms with van der Waals surface area (Å²) in [4.78, 5) is 10.7. The summed E-state index contributed by atoms with van der Waals surface area (Å²) in [5.41, 5.74) is 4.03. The Hall–Kier alpha value is -0.246. The van der Waals surface area contributed by atoms with Crippen LogP contribution in [0, 0.1) is 7.43 Å². The van der Waals surface area contributed by atoms with E-state index in [4.69, 9.17) is 5.21 Å². The van der Waals surface area contributed by atoms with Crippen molar-refractivity contribution < 1.29 is 42.7 Å². The van der Waals surface area contributed by atoms with Gasteiger partial charge in [-0.15, -0.1) is 0 Å². The summed E-state index contributed by atoms with van der Waals surface area (Å²) in [5.74, 6) is -0.343. The number of rotatable bonds is 4. The van der Waals surface area contributed by atoms with Gasteiger partial charge < -0.3 is 7.43 Å². The summed E-state index contributed by atoms with van der Waals surface area (Å²) < 4.78 is 0. The fraction of sp³-hybridized carbons (Fsp3) is 0.429. The van der Waals surface area contributed by atoms with Crippen molar-refractivity contribution >= 4 is 5.91 Å². The molecule has 2 N–H and O–H groups in total. The third-order valence-corrected chi connectivity index (χ3v) is 2.20. The molecule has 1 aromatic rings. The summed E-state index contributed by atoms with van der Waals surface area (Å²) in [6.45, 7) is 6.11. The quantitative estimate of drug-likeness (QED) is 0.507. The van der Waals surface area contributed by atoms with E-state index in [1.54, 1.807) is 5.48 Å². The van der Waals surface area contributed by atoms with E-state index in [1.807, 2.05) is 26.0 Å². The smallest absolute Gasteiger partial charge is 0.243 e. The number of carbonyl (C=O) groups is 1. The minimum Gasteiger partial charge on any atom is -0.358 e. The minimum atomic E-state index is -0.343. The summed E-state index contributed by atoms with van der Waals surface area (Å²) in [5, 5.41) is 8.30. The van der Waals surface area contributed by atoms with Crippen LogP contribution in [0.15, 0.2) is 24.3 Å². The molecule has 0 heterocycles. The van der Waals surface area contributed by atoms with Gasteiger partial charge in [-0.3, -0.25) is 10.0 Å². The van der Waals surface area contributed by atoms with Gasteiger partial charge in [-0.2, -0.15) is 0 Å². The third-order valence-electron chi connectivity index (χ3n) is 2.20. The summed E-state index contributed by atoms with van der Waals surface area (Å²) in [7, 11) is 0. The van der Waals surface area contributed by atoms with Gasteiger partial charge in [-0.25, -0.2) is 5.48 Å². The zero-order valence-electron chi connectivity index (χ0n) is 11.9. The Kier molecular flexibility index (Phi) is 18.8. The second-order valence-corrected chi connectivity index (χ2v) is 3.21. The van der Waals surface area contributed by atoms with Gasteiger partial charge in [-0.05, 0) is 24.0 Å². The molecule has 0 spiro atoms. The first-order valence-corrected chi connectivity index (χ1v) is 5.77. The van der Waals surface area contributed by atoms with Crippen molar-refractivity contribution in [1.82, 2.24) is 5.48 Å². The van der Waals surface area contributed by atoms with Gasteiger partial charge in [0, 0.05) is 39.1 Å². The van der Waals surface area contributed by atoms with Crippen LogP contribution in [0.4, 0.5) is 0 Å². The van der Waals surface area contributed by atoms with Crippen molar-refractivity contribution in [3.05, 3.63) is 42.8 Å². The molecule has 4 heteroatoms. The van der Waals surface area contributed by atoms with Gasteiger partial charge >= 0.3 is 0 Å².